The quantitative estimate of drug-likeness (QED) is 0.647. The number of hydrogen-bond acceptors (Lipinski definition) is 4. The molecule has 0 spiro atoms. The summed E-state index contributed by atoms with van der Waals surface area (Å²) in [6.07, 6.45) is 9.35. The van der Waals surface area contributed by atoms with Crippen molar-refractivity contribution in [3.63, 3.8) is 0 Å². The number of imidazole rings is 1. The number of aryl methyl sites for hydroxylation is 1. The van der Waals surface area contributed by atoms with E-state index in [9.17, 15) is 9.59 Å². The van der Waals surface area contributed by atoms with Crippen LogP contribution in [0.15, 0.2) is 61.3 Å². The van der Waals surface area contributed by atoms with E-state index < -0.39 is 11.9 Å². The van der Waals surface area contributed by atoms with Crippen molar-refractivity contribution in [3.05, 3.63) is 66.9 Å². The van der Waals surface area contributed by atoms with E-state index in [1.807, 2.05) is 24.7 Å². The molecule has 0 bridgehead atoms. The first-order valence-corrected chi connectivity index (χ1v) is 8.04. The van der Waals surface area contributed by atoms with Crippen LogP contribution in [0, 0.1) is 11.3 Å². The van der Waals surface area contributed by atoms with Gasteiger partial charge in [0, 0.05) is 48.2 Å². The maximum Gasteiger partial charge on any atom is 0.328 e. The van der Waals surface area contributed by atoms with Crippen molar-refractivity contribution < 1.29 is 19.8 Å². The first kappa shape index (κ1) is 19.5. The Bertz CT molecular complexity index is 965. The van der Waals surface area contributed by atoms with Crippen molar-refractivity contribution in [1.29, 1.82) is 5.26 Å². The molecule has 8 nitrogen and oxygen atoms in total. The zero-order valence-electron chi connectivity index (χ0n) is 14.4. The van der Waals surface area contributed by atoms with Crippen LogP contribution in [0.4, 0.5) is 0 Å². The summed E-state index contributed by atoms with van der Waals surface area (Å²) in [6, 6.07) is 10.5. The summed E-state index contributed by atoms with van der Waals surface area (Å²) in [5, 5.41) is 25.6. The van der Waals surface area contributed by atoms with Crippen molar-refractivity contribution in [2.24, 2.45) is 0 Å². The van der Waals surface area contributed by atoms with Crippen molar-refractivity contribution >= 4 is 22.8 Å². The lowest BCUT2D eigenvalue weighted by atomic mass is 10.2. The van der Waals surface area contributed by atoms with Crippen molar-refractivity contribution in [2.45, 2.75) is 19.5 Å². The molecule has 0 radical (unpaired) electrons. The zero-order chi connectivity index (χ0) is 19.6. The minimum atomic E-state index is -1.26. The van der Waals surface area contributed by atoms with Gasteiger partial charge in [-0.05, 0) is 11.6 Å². The number of nitriles is 1. The van der Waals surface area contributed by atoms with Gasteiger partial charge < -0.3 is 19.3 Å². The number of aromatic nitrogens is 3. The number of hydrogen-bond donors (Lipinski definition) is 2. The highest BCUT2D eigenvalue weighted by molar-refractivity contribution is 5.89. The number of nitrogens with zero attached hydrogens (tertiary/aromatic N) is 4. The fraction of sp³-hybridized carbons (Fsp3) is 0.158. The van der Waals surface area contributed by atoms with E-state index in [0.29, 0.717) is 18.6 Å². The van der Waals surface area contributed by atoms with Crippen molar-refractivity contribution in [2.75, 3.05) is 0 Å². The summed E-state index contributed by atoms with van der Waals surface area (Å²) in [7, 11) is 0. The van der Waals surface area contributed by atoms with Gasteiger partial charge in [-0.1, -0.05) is 18.2 Å². The molecule has 0 aliphatic carbocycles. The summed E-state index contributed by atoms with van der Waals surface area (Å²) in [5.41, 5.74) is 2.44. The van der Waals surface area contributed by atoms with Gasteiger partial charge in [0.25, 0.3) is 0 Å². The molecule has 0 unspecified atom stereocenters. The average Bonchev–Trinajstić information content (AvgIpc) is 3.28. The van der Waals surface area contributed by atoms with Crippen LogP contribution >= 0.6 is 0 Å². The van der Waals surface area contributed by atoms with E-state index >= 15 is 0 Å². The molecule has 0 aliphatic rings. The molecule has 2 N–H and O–H groups in total. The SMILES string of the molecule is N#CCCn1cc(Cn2ccnc2)c2ccccc21.O=C(O)/C=C/C(=O)O. The molecule has 2 heterocycles. The van der Waals surface area contributed by atoms with E-state index in [2.05, 4.69) is 38.5 Å². The third-order valence-corrected chi connectivity index (χ3v) is 3.62. The van der Waals surface area contributed by atoms with Gasteiger partial charge in [0.1, 0.15) is 0 Å². The summed E-state index contributed by atoms with van der Waals surface area (Å²) in [4.78, 5) is 23.2. The maximum absolute atomic E-state index is 9.55. The summed E-state index contributed by atoms with van der Waals surface area (Å²) < 4.78 is 4.21. The molecule has 1 aromatic carbocycles. The van der Waals surface area contributed by atoms with Gasteiger partial charge in [-0.15, -0.1) is 0 Å². The Balaban J connectivity index is 0.000000279. The Kier molecular flexibility index (Phi) is 6.91. The first-order chi connectivity index (χ1) is 13.0. The highest BCUT2D eigenvalue weighted by Gasteiger charge is 2.08. The van der Waals surface area contributed by atoms with E-state index in [1.54, 1.807) is 6.20 Å². The highest BCUT2D eigenvalue weighted by Crippen LogP contribution is 2.22. The summed E-state index contributed by atoms with van der Waals surface area (Å²) >= 11 is 0. The minimum absolute atomic E-state index is 0.531. The molecule has 27 heavy (non-hydrogen) atoms. The van der Waals surface area contributed by atoms with Crippen molar-refractivity contribution in [1.82, 2.24) is 14.1 Å². The topological polar surface area (TPSA) is 121 Å². The Morgan fingerprint density at radius 3 is 2.48 bits per heavy atom. The number of rotatable bonds is 6. The van der Waals surface area contributed by atoms with Gasteiger partial charge in [-0.25, -0.2) is 14.6 Å². The average molecular weight is 366 g/mol. The lowest BCUT2D eigenvalue weighted by Crippen LogP contribution is -1.96. The molecular weight excluding hydrogens is 348 g/mol. The standard InChI is InChI=1S/C15H14N4.C4H4O4/c16-6-3-8-19-11-13(10-18-9-7-17-12-18)14-4-1-2-5-15(14)19;5-3(6)1-2-4(7)8/h1-2,4-5,7,9,11-12H,3,8,10H2;1-2H,(H,5,6)(H,7,8)/b;2-1+. The van der Waals surface area contributed by atoms with E-state index in [-0.39, 0.29) is 0 Å². The normalized spacial score (nSPS) is 10.3. The van der Waals surface area contributed by atoms with E-state index in [0.717, 1.165) is 13.1 Å². The molecular formula is C19H18N4O4. The van der Waals surface area contributed by atoms with Crippen LogP contribution in [0.5, 0.6) is 0 Å². The monoisotopic (exact) mass is 366 g/mol. The van der Waals surface area contributed by atoms with Gasteiger partial charge in [0.2, 0.25) is 0 Å². The largest absolute Gasteiger partial charge is 0.478 e. The van der Waals surface area contributed by atoms with Crippen LogP contribution in [0.25, 0.3) is 10.9 Å². The number of carboxylic acids is 2. The molecule has 0 atom stereocenters. The van der Waals surface area contributed by atoms with Gasteiger partial charge in [-0.3, -0.25) is 0 Å². The van der Waals surface area contributed by atoms with Crippen LogP contribution in [-0.4, -0.2) is 36.3 Å². The smallest absolute Gasteiger partial charge is 0.328 e. The third-order valence-electron chi connectivity index (χ3n) is 3.62. The zero-order valence-corrected chi connectivity index (χ0v) is 14.4. The van der Waals surface area contributed by atoms with E-state index in [1.165, 1.54) is 16.5 Å². The van der Waals surface area contributed by atoms with Gasteiger partial charge >= 0.3 is 11.9 Å². The fourth-order valence-electron chi connectivity index (χ4n) is 2.52. The number of para-hydroxylation sites is 1. The lowest BCUT2D eigenvalue weighted by Gasteiger charge is -2.00. The Morgan fingerprint density at radius 1 is 1.19 bits per heavy atom. The van der Waals surface area contributed by atoms with Crippen LogP contribution < -0.4 is 0 Å². The van der Waals surface area contributed by atoms with Gasteiger partial charge in [0.05, 0.1) is 25.4 Å². The molecule has 0 aliphatic heterocycles. The number of carboxylic acid groups (broad SMARTS) is 2. The molecule has 3 rings (SSSR count). The maximum atomic E-state index is 9.55. The van der Waals surface area contributed by atoms with Crippen molar-refractivity contribution in [3.8, 4) is 6.07 Å². The third kappa shape index (κ3) is 5.86. The predicted molar refractivity (Wildman–Crippen MR) is 97.9 cm³/mol. The second-order valence-electron chi connectivity index (χ2n) is 5.52. The van der Waals surface area contributed by atoms with Crippen LogP contribution in [0.1, 0.15) is 12.0 Å². The molecule has 0 saturated carbocycles. The number of fused-ring (bicyclic) bond motifs is 1. The molecule has 8 heteroatoms. The second kappa shape index (κ2) is 9.58. The molecule has 0 amide bonds. The fourth-order valence-corrected chi connectivity index (χ4v) is 2.52. The molecule has 3 aromatic rings. The van der Waals surface area contributed by atoms with Crippen LogP contribution in [-0.2, 0) is 22.7 Å². The number of benzene rings is 1. The Hall–Kier alpha value is -3.86. The molecule has 0 fully saturated rings. The number of carbonyl (C=O) groups is 2. The summed E-state index contributed by atoms with van der Waals surface area (Å²) in [6.45, 7) is 1.54. The number of aliphatic carboxylic acids is 2. The predicted octanol–water partition coefficient (Wildman–Crippen LogP) is 2.51. The highest BCUT2D eigenvalue weighted by atomic mass is 16.4. The van der Waals surface area contributed by atoms with E-state index in [4.69, 9.17) is 15.5 Å². The molecule has 2 aromatic heterocycles. The molecule has 0 saturated heterocycles. The second-order valence-corrected chi connectivity index (χ2v) is 5.52. The van der Waals surface area contributed by atoms with Gasteiger partial charge in [0.15, 0.2) is 0 Å². The summed E-state index contributed by atoms with van der Waals surface area (Å²) in [5.74, 6) is -2.51. The molecule has 138 valence electrons. The Morgan fingerprint density at radius 2 is 1.89 bits per heavy atom. The first-order valence-electron chi connectivity index (χ1n) is 8.04. The minimum Gasteiger partial charge on any atom is -0.478 e. The lowest BCUT2D eigenvalue weighted by molar-refractivity contribution is -0.134. The van der Waals surface area contributed by atoms with Gasteiger partial charge in [-0.2, -0.15) is 5.26 Å². The Labute approximate surface area is 155 Å². The van der Waals surface area contributed by atoms with Crippen LogP contribution in [0.3, 0.4) is 0 Å². The van der Waals surface area contributed by atoms with Crippen LogP contribution in [0.2, 0.25) is 0 Å².